The monoisotopic (exact) mass is 578 g/mol. The molecule has 5 heteroatoms. The van der Waals surface area contributed by atoms with Crippen LogP contribution in [0.2, 0.25) is 0 Å². The average molecular weight is 579 g/mol. The summed E-state index contributed by atoms with van der Waals surface area (Å²) in [4.78, 5) is 13.5. The number of thiophene rings is 1. The number of hydrogen-bond acceptors (Lipinski definition) is 5. The van der Waals surface area contributed by atoms with Crippen LogP contribution in [0, 0.1) is 5.41 Å². The van der Waals surface area contributed by atoms with Gasteiger partial charge in [-0.1, -0.05) is 69.3 Å². The van der Waals surface area contributed by atoms with Gasteiger partial charge in [0.15, 0.2) is 0 Å². The highest BCUT2D eigenvalue weighted by Gasteiger charge is 2.61. The van der Waals surface area contributed by atoms with Gasteiger partial charge in [-0.15, -0.1) is 11.3 Å². The largest absolute Gasteiger partial charge is 0.485 e. The van der Waals surface area contributed by atoms with Gasteiger partial charge in [0.05, 0.1) is 21.1 Å². The number of furan rings is 1. The van der Waals surface area contributed by atoms with E-state index in [0.717, 1.165) is 44.3 Å². The molecule has 3 aromatic carbocycles. The van der Waals surface area contributed by atoms with Crippen LogP contribution in [-0.4, -0.2) is 16.1 Å². The van der Waals surface area contributed by atoms with Crippen molar-refractivity contribution in [2.75, 3.05) is 0 Å². The van der Waals surface area contributed by atoms with Crippen molar-refractivity contribution < 1.29 is 9.15 Å². The standard InChI is InChI=1S/C38H30N2O2S/c1-37(2)26-16-17-38(37,3)36-31(26)39-32-33(40-36)35(21-13-15-30-25(19-21)23-9-5-7-11-28(23)42-30)43-34(32)20-12-14-29-24(18-20)22-8-4-6-10-27(22)41-29/h4-15,18-19,24,26,29H,16-17H2,1-3H3. The minimum Gasteiger partial charge on any atom is -0.485 e. The maximum absolute atomic E-state index is 6.29. The first kappa shape index (κ1) is 24.2. The molecular weight excluding hydrogens is 548 g/mol. The van der Waals surface area contributed by atoms with Gasteiger partial charge in [0.1, 0.15) is 34.1 Å². The first-order valence-electron chi connectivity index (χ1n) is 15.3. The Bertz CT molecular complexity index is 2250. The van der Waals surface area contributed by atoms with Gasteiger partial charge in [0.25, 0.3) is 0 Å². The van der Waals surface area contributed by atoms with E-state index in [2.05, 4.69) is 93.6 Å². The Morgan fingerprint density at radius 3 is 2.60 bits per heavy atom. The van der Waals surface area contributed by atoms with E-state index in [1.807, 2.05) is 23.5 Å². The first-order chi connectivity index (χ1) is 20.9. The van der Waals surface area contributed by atoms with E-state index in [1.54, 1.807) is 0 Å². The Morgan fingerprint density at radius 1 is 0.860 bits per heavy atom. The number of ether oxygens (including phenoxy) is 1. The highest BCUT2D eigenvalue weighted by atomic mass is 32.1. The lowest BCUT2D eigenvalue weighted by Gasteiger charge is -2.34. The fourth-order valence-electron chi connectivity index (χ4n) is 8.48. The number of benzene rings is 3. The lowest BCUT2D eigenvalue weighted by molar-refractivity contribution is 0.227. The number of allylic oxidation sites excluding steroid dienone is 2. The molecule has 1 saturated carbocycles. The second kappa shape index (κ2) is 8.03. The van der Waals surface area contributed by atoms with Crippen molar-refractivity contribution in [2.24, 2.45) is 5.41 Å². The molecule has 4 nitrogen and oxygen atoms in total. The highest BCUT2D eigenvalue weighted by molar-refractivity contribution is 7.18. The zero-order valence-electron chi connectivity index (χ0n) is 24.3. The van der Waals surface area contributed by atoms with Crippen molar-refractivity contribution in [3.05, 3.63) is 107 Å². The van der Waals surface area contributed by atoms with Gasteiger partial charge in [-0.2, -0.15) is 0 Å². The summed E-state index contributed by atoms with van der Waals surface area (Å²) in [5, 5.41) is 2.28. The third kappa shape index (κ3) is 3.01. The summed E-state index contributed by atoms with van der Waals surface area (Å²) in [5.74, 6) is 1.63. The van der Waals surface area contributed by atoms with Gasteiger partial charge in [-0.05, 0) is 65.8 Å². The van der Waals surface area contributed by atoms with Crippen LogP contribution in [0.3, 0.4) is 0 Å². The van der Waals surface area contributed by atoms with Crippen LogP contribution in [-0.2, 0) is 5.41 Å². The van der Waals surface area contributed by atoms with E-state index in [9.17, 15) is 0 Å². The molecule has 3 aliphatic carbocycles. The molecular formula is C38H30N2O2S. The van der Waals surface area contributed by atoms with E-state index >= 15 is 0 Å². The molecule has 0 spiro atoms. The van der Waals surface area contributed by atoms with Crippen molar-refractivity contribution in [1.29, 1.82) is 0 Å². The molecule has 4 aliphatic rings. The number of aromatic nitrogens is 2. The zero-order chi connectivity index (χ0) is 28.7. The zero-order valence-corrected chi connectivity index (χ0v) is 25.2. The number of rotatable bonds is 2. The predicted octanol–water partition coefficient (Wildman–Crippen LogP) is 9.93. The third-order valence-corrected chi connectivity index (χ3v) is 12.5. The quantitative estimate of drug-likeness (QED) is 0.205. The summed E-state index contributed by atoms with van der Waals surface area (Å²) in [6, 6.07) is 23.3. The Hall–Kier alpha value is -4.22. The van der Waals surface area contributed by atoms with Gasteiger partial charge in [0.2, 0.25) is 0 Å². The molecule has 1 aliphatic heterocycles. The molecule has 210 valence electrons. The summed E-state index contributed by atoms with van der Waals surface area (Å²) in [6.07, 6.45) is 9.25. The maximum atomic E-state index is 6.29. The van der Waals surface area contributed by atoms with Crippen LogP contribution in [0.25, 0.3) is 49.0 Å². The fraction of sp³-hybridized carbons (Fsp3) is 0.263. The van der Waals surface area contributed by atoms with Crippen LogP contribution in [0.15, 0.2) is 89.4 Å². The van der Waals surface area contributed by atoms with Crippen LogP contribution in [0.1, 0.15) is 67.3 Å². The minimum atomic E-state index is 0.0374. The summed E-state index contributed by atoms with van der Waals surface area (Å²) in [6.45, 7) is 7.26. The van der Waals surface area contributed by atoms with Crippen molar-refractivity contribution in [2.45, 2.75) is 57.0 Å². The molecule has 4 atom stereocenters. The van der Waals surface area contributed by atoms with E-state index in [-0.39, 0.29) is 22.9 Å². The maximum Gasteiger partial charge on any atom is 0.135 e. The first-order valence-corrected chi connectivity index (χ1v) is 16.1. The molecule has 0 N–H and O–H groups in total. The topological polar surface area (TPSA) is 48.2 Å². The summed E-state index contributed by atoms with van der Waals surface area (Å²) in [5.41, 5.74) is 10.1. The Morgan fingerprint density at radius 2 is 1.67 bits per heavy atom. The smallest absolute Gasteiger partial charge is 0.135 e. The molecule has 10 rings (SSSR count). The number of fused-ring (bicyclic) bond motifs is 12. The van der Waals surface area contributed by atoms with Crippen molar-refractivity contribution in [3.8, 4) is 16.2 Å². The van der Waals surface area contributed by atoms with Crippen molar-refractivity contribution in [3.63, 3.8) is 0 Å². The normalized spacial score (nSPS) is 26.1. The third-order valence-electron chi connectivity index (χ3n) is 11.3. The molecule has 6 aromatic rings. The van der Waals surface area contributed by atoms with Crippen LogP contribution in [0.5, 0.6) is 5.75 Å². The van der Waals surface area contributed by atoms with Crippen LogP contribution >= 0.6 is 11.3 Å². The number of hydrogen-bond donors (Lipinski definition) is 0. The molecule has 43 heavy (non-hydrogen) atoms. The molecule has 2 bridgehead atoms. The lowest BCUT2D eigenvalue weighted by atomic mass is 9.70. The number of nitrogens with zero attached hydrogens (tertiary/aromatic N) is 2. The van der Waals surface area contributed by atoms with Gasteiger partial charge < -0.3 is 9.15 Å². The SMILES string of the molecule is CC12CCC(c3nc4c(C5=CC6c7ccccc7OC6C=C5)sc(-c5ccc6oc7ccccc7c6c5)c4nc31)C2(C)C. The Labute approximate surface area is 253 Å². The molecule has 3 aromatic heterocycles. The van der Waals surface area contributed by atoms with Gasteiger partial charge in [0, 0.05) is 33.6 Å². The Balaban J connectivity index is 1.22. The molecule has 4 unspecified atom stereocenters. The Kier molecular flexibility index (Phi) is 4.53. The molecule has 0 saturated heterocycles. The minimum absolute atomic E-state index is 0.0374. The molecule has 4 heterocycles. The lowest BCUT2D eigenvalue weighted by Crippen LogP contribution is -2.31. The fourth-order valence-corrected chi connectivity index (χ4v) is 9.66. The number of para-hydroxylation sites is 2. The van der Waals surface area contributed by atoms with Crippen LogP contribution in [0.4, 0.5) is 0 Å². The van der Waals surface area contributed by atoms with E-state index < -0.39 is 0 Å². The summed E-state index contributed by atoms with van der Waals surface area (Å²) < 4.78 is 12.5. The van der Waals surface area contributed by atoms with Gasteiger partial charge in [-0.25, -0.2) is 9.97 Å². The van der Waals surface area contributed by atoms with Crippen molar-refractivity contribution in [1.82, 2.24) is 9.97 Å². The molecule has 0 amide bonds. The van der Waals surface area contributed by atoms with Crippen molar-refractivity contribution >= 4 is 49.9 Å². The highest BCUT2D eigenvalue weighted by Crippen LogP contribution is 2.67. The summed E-state index contributed by atoms with van der Waals surface area (Å²) >= 11 is 1.82. The second-order valence-corrected chi connectivity index (χ2v) is 14.5. The van der Waals surface area contributed by atoms with E-state index in [0.29, 0.717) is 5.92 Å². The van der Waals surface area contributed by atoms with E-state index in [4.69, 9.17) is 19.1 Å². The summed E-state index contributed by atoms with van der Waals surface area (Å²) in [7, 11) is 0. The van der Waals surface area contributed by atoms with E-state index in [1.165, 1.54) is 45.1 Å². The van der Waals surface area contributed by atoms with Crippen LogP contribution < -0.4 is 4.74 Å². The average Bonchev–Trinajstić information content (AvgIpc) is 3.78. The van der Waals surface area contributed by atoms with Gasteiger partial charge >= 0.3 is 0 Å². The molecule has 1 fully saturated rings. The van der Waals surface area contributed by atoms with Gasteiger partial charge in [-0.3, -0.25) is 0 Å². The molecule has 0 radical (unpaired) electrons. The predicted molar refractivity (Wildman–Crippen MR) is 174 cm³/mol. The second-order valence-electron chi connectivity index (χ2n) is 13.5.